The number of anilines is 1. The smallest absolute Gasteiger partial charge is 0.255 e. The molecule has 3 rings (SSSR count). The van der Waals surface area contributed by atoms with Crippen LogP contribution in [0.3, 0.4) is 0 Å². The van der Waals surface area contributed by atoms with Crippen LogP contribution in [0.4, 0.5) is 5.69 Å². The Hall–Kier alpha value is -2.86. The summed E-state index contributed by atoms with van der Waals surface area (Å²) >= 11 is 0. The molecule has 0 saturated carbocycles. The lowest BCUT2D eigenvalue weighted by Gasteiger charge is -2.30. The standard InChI is InChI=1S/C24H30N2O4/c1-3-29-16-17-30-20-10-8-19(9-11-20)23(27)25-22-7-5-4-6-21(22)24(28)26-14-12-18(2)13-15-26/h4-11,18H,3,12-17H2,1-2H3,(H,25,27). The minimum Gasteiger partial charge on any atom is -0.491 e. The Morgan fingerprint density at radius 1 is 1.03 bits per heavy atom. The van der Waals surface area contributed by atoms with Crippen molar-refractivity contribution in [2.45, 2.75) is 26.7 Å². The molecular weight excluding hydrogens is 380 g/mol. The Kier molecular flexibility index (Phi) is 7.85. The van der Waals surface area contributed by atoms with Gasteiger partial charge in [0.25, 0.3) is 11.8 Å². The van der Waals surface area contributed by atoms with Crippen molar-refractivity contribution in [2.24, 2.45) is 5.92 Å². The van der Waals surface area contributed by atoms with E-state index in [1.807, 2.05) is 24.0 Å². The lowest BCUT2D eigenvalue weighted by atomic mass is 9.98. The van der Waals surface area contributed by atoms with Gasteiger partial charge in [-0.15, -0.1) is 0 Å². The quantitative estimate of drug-likeness (QED) is 0.662. The zero-order valence-electron chi connectivity index (χ0n) is 17.7. The molecule has 160 valence electrons. The highest BCUT2D eigenvalue weighted by atomic mass is 16.5. The molecule has 0 radical (unpaired) electrons. The second-order valence-electron chi connectivity index (χ2n) is 7.54. The van der Waals surface area contributed by atoms with Crippen molar-refractivity contribution in [2.75, 3.05) is 38.2 Å². The molecule has 0 aliphatic carbocycles. The minimum atomic E-state index is -0.261. The topological polar surface area (TPSA) is 67.9 Å². The van der Waals surface area contributed by atoms with Crippen LogP contribution in [0, 0.1) is 5.92 Å². The number of para-hydroxylation sites is 1. The van der Waals surface area contributed by atoms with Crippen molar-refractivity contribution in [1.82, 2.24) is 4.90 Å². The van der Waals surface area contributed by atoms with Gasteiger partial charge < -0.3 is 19.7 Å². The van der Waals surface area contributed by atoms with Crippen molar-refractivity contribution in [3.8, 4) is 5.75 Å². The van der Waals surface area contributed by atoms with Crippen LogP contribution in [0.15, 0.2) is 48.5 Å². The van der Waals surface area contributed by atoms with E-state index >= 15 is 0 Å². The average Bonchev–Trinajstić information content (AvgIpc) is 2.77. The molecule has 0 bridgehead atoms. The van der Waals surface area contributed by atoms with Gasteiger partial charge in [0.1, 0.15) is 12.4 Å². The molecule has 1 fully saturated rings. The molecule has 0 atom stereocenters. The summed E-state index contributed by atoms with van der Waals surface area (Å²) in [7, 11) is 0. The van der Waals surface area contributed by atoms with Gasteiger partial charge in [-0.25, -0.2) is 0 Å². The van der Waals surface area contributed by atoms with E-state index in [0.717, 1.165) is 25.9 Å². The van der Waals surface area contributed by atoms with Gasteiger partial charge in [-0.3, -0.25) is 9.59 Å². The Morgan fingerprint density at radius 2 is 1.73 bits per heavy atom. The zero-order chi connectivity index (χ0) is 21.3. The highest BCUT2D eigenvalue weighted by molar-refractivity contribution is 6.09. The van der Waals surface area contributed by atoms with E-state index in [-0.39, 0.29) is 11.8 Å². The van der Waals surface area contributed by atoms with Gasteiger partial charge in [0.05, 0.1) is 17.9 Å². The number of piperidine rings is 1. The largest absolute Gasteiger partial charge is 0.491 e. The van der Waals surface area contributed by atoms with Crippen LogP contribution in [-0.2, 0) is 4.74 Å². The number of nitrogens with one attached hydrogen (secondary N) is 1. The summed E-state index contributed by atoms with van der Waals surface area (Å²) in [6.07, 6.45) is 2.03. The van der Waals surface area contributed by atoms with Crippen molar-refractivity contribution in [1.29, 1.82) is 0 Å². The lowest BCUT2D eigenvalue weighted by Crippen LogP contribution is -2.38. The summed E-state index contributed by atoms with van der Waals surface area (Å²) < 4.78 is 10.8. The Bertz CT molecular complexity index is 843. The molecule has 1 N–H and O–H groups in total. The molecular formula is C24H30N2O4. The number of ether oxygens (including phenoxy) is 2. The molecule has 30 heavy (non-hydrogen) atoms. The summed E-state index contributed by atoms with van der Waals surface area (Å²) in [5.74, 6) is 1.04. The number of nitrogens with zero attached hydrogens (tertiary/aromatic N) is 1. The fourth-order valence-corrected chi connectivity index (χ4v) is 3.42. The van der Waals surface area contributed by atoms with E-state index in [2.05, 4.69) is 12.2 Å². The van der Waals surface area contributed by atoms with Crippen molar-refractivity contribution >= 4 is 17.5 Å². The van der Waals surface area contributed by atoms with Crippen LogP contribution in [0.1, 0.15) is 47.4 Å². The first-order chi connectivity index (χ1) is 14.6. The molecule has 6 nitrogen and oxygen atoms in total. The highest BCUT2D eigenvalue weighted by Gasteiger charge is 2.23. The number of likely N-dealkylation sites (tertiary alicyclic amines) is 1. The lowest BCUT2D eigenvalue weighted by molar-refractivity contribution is 0.0698. The molecule has 1 aliphatic heterocycles. The number of carbonyl (C=O) groups excluding carboxylic acids is 2. The monoisotopic (exact) mass is 410 g/mol. The Labute approximate surface area is 178 Å². The van der Waals surface area contributed by atoms with Crippen LogP contribution in [0.5, 0.6) is 5.75 Å². The van der Waals surface area contributed by atoms with Crippen LogP contribution < -0.4 is 10.1 Å². The number of hydrogen-bond donors (Lipinski definition) is 1. The summed E-state index contributed by atoms with van der Waals surface area (Å²) in [6.45, 7) is 7.31. The zero-order valence-corrected chi connectivity index (χ0v) is 17.7. The summed E-state index contributed by atoms with van der Waals surface area (Å²) in [4.78, 5) is 27.6. The first kappa shape index (κ1) is 21.8. The molecule has 2 amide bonds. The Morgan fingerprint density at radius 3 is 2.43 bits per heavy atom. The number of hydrogen-bond acceptors (Lipinski definition) is 4. The molecule has 0 aromatic heterocycles. The molecule has 0 unspecified atom stereocenters. The fraction of sp³-hybridized carbons (Fsp3) is 0.417. The fourth-order valence-electron chi connectivity index (χ4n) is 3.42. The van der Waals surface area contributed by atoms with E-state index in [9.17, 15) is 9.59 Å². The second-order valence-corrected chi connectivity index (χ2v) is 7.54. The van der Waals surface area contributed by atoms with Gasteiger partial charge >= 0.3 is 0 Å². The van der Waals surface area contributed by atoms with Crippen LogP contribution in [0.2, 0.25) is 0 Å². The number of benzene rings is 2. The predicted molar refractivity (Wildman–Crippen MR) is 117 cm³/mol. The Balaban J connectivity index is 1.63. The van der Waals surface area contributed by atoms with Crippen molar-refractivity contribution < 1.29 is 19.1 Å². The molecule has 2 aromatic carbocycles. The SMILES string of the molecule is CCOCCOc1ccc(C(=O)Nc2ccccc2C(=O)N2CCC(C)CC2)cc1. The predicted octanol–water partition coefficient (Wildman–Crippen LogP) is 4.23. The van der Waals surface area contributed by atoms with Crippen molar-refractivity contribution in [3.05, 3.63) is 59.7 Å². The second kappa shape index (κ2) is 10.8. The van der Waals surface area contributed by atoms with Crippen molar-refractivity contribution in [3.63, 3.8) is 0 Å². The van der Waals surface area contributed by atoms with E-state index < -0.39 is 0 Å². The van der Waals surface area contributed by atoms with Gasteiger partial charge in [-0.2, -0.15) is 0 Å². The summed E-state index contributed by atoms with van der Waals surface area (Å²) in [6, 6.07) is 14.1. The van der Waals surface area contributed by atoms with E-state index in [1.165, 1.54) is 0 Å². The third-order valence-electron chi connectivity index (χ3n) is 5.29. The summed E-state index contributed by atoms with van der Waals surface area (Å²) in [5, 5.41) is 2.89. The average molecular weight is 411 g/mol. The van der Waals surface area contributed by atoms with E-state index in [0.29, 0.717) is 48.3 Å². The van der Waals surface area contributed by atoms with Gasteiger partial charge in [0.15, 0.2) is 0 Å². The normalized spacial score (nSPS) is 14.4. The van der Waals surface area contributed by atoms with Crippen LogP contribution in [0.25, 0.3) is 0 Å². The third kappa shape index (κ3) is 5.83. The molecule has 1 saturated heterocycles. The number of rotatable bonds is 8. The van der Waals surface area contributed by atoms with Gasteiger partial charge in [0.2, 0.25) is 0 Å². The first-order valence-corrected chi connectivity index (χ1v) is 10.6. The van der Waals surface area contributed by atoms with Gasteiger partial charge in [-0.1, -0.05) is 19.1 Å². The maximum absolute atomic E-state index is 13.0. The van der Waals surface area contributed by atoms with Gasteiger partial charge in [-0.05, 0) is 62.1 Å². The van der Waals surface area contributed by atoms with Gasteiger partial charge in [0, 0.05) is 25.3 Å². The molecule has 2 aromatic rings. The maximum Gasteiger partial charge on any atom is 0.255 e. The number of carbonyl (C=O) groups is 2. The first-order valence-electron chi connectivity index (χ1n) is 10.6. The molecule has 0 spiro atoms. The highest BCUT2D eigenvalue weighted by Crippen LogP contribution is 2.23. The van der Waals surface area contributed by atoms with Crippen LogP contribution in [-0.4, -0.2) is 49.6 Å². The molecule has 6 heteroatoms. The summed E-state index contributed by atoms with van der Waals surface area (Å²) in [5.41, 5.74) is 1.56. The third-order valence-corrected chi connectivity index (χ3v) is 5.29. The minimum absolute atomic E-state index is 0.0316. The van der Waals surface area contributed by atoms with Crippen LogP contribution >= 0.6 is 0 Å². The number of amides is 2. The molecule has 1 heterocycles. The molecule has 1 aliphatic rings. The van der Waals surface area contributed by atoms with E-state index in [1.54, 1.807) is 36.4 Å². The van der Waals surface area contributed by atoms with E-state index in [4.69, 9.17) is 9.47 Å². The maximum atomic E-state index is 13.0.